The number of hydroxylamine groups is 1. The smallest absolute Gasteiger partial charge is 0.293 e. The Kier molecular flexibility index (Phi) is 5.91. The fraction of sp³-hybridized carbons (Fsp3) is 0.0952. The van der Waals surface area contributed by atoms with Crippen molar-refractivity contribution in [1.29, 1.82) is 0 Å². The number of benzene rings is 2. The van der Waals surface area contributed by atoms with Crippen molar-refractivity contribution in [2.24, 2.45) is 0 Å². The van der Waals surface area contributed by atoms with Crippen molar-refractivity contribution in [1.82, 2.24) is 10.5 Å². The van der Waals surface area contributed by atoms with Gasteiger partial charge in [-0.05, 0) is 29.7 Å². The van der Waals surface area contributed by atoms with E-state index in [1.807, 2.05) is 60.7 Å². The van der Waals surface area contributed by atoms with Gasteiger partial charge in [0.05, 0.1) is 17.8 Å². The van der Waals surface area contributed by atoms with Crippen LogP contribution < -0.4 is 10.8 Å². The third-order valence-corrected chi connectivity index (χ3v) is 4.17. The Morgan fingerprint density at radius 1 is 0.926 bits per heavy atom. The lowest BCUT2D eigenvalue weighted by atomic mass is 9.91. The van der Waals surface area contributed by atoms with E-state index in [0.717, 1.165) is 11.1 Å². The highest BCUT2D eigenvalue weighted by Crippen LogP contribution is 2.23. The number of nitrogens with zero attached hydrogens (tertiary/aromatic N) is 1. The maximum atomic E-state index is 12.9. The normalized spacial score (nSPS) is 11.4. The van der Waals surface area contributed by atoms with Gasteiger partial charge in [-0.25, -0.2) is 10.5 Å². The van der Waals surface area contributed by atoms with E-state index in [2.05, 4.69) is 10.3 Å². The first-order valence-electron chi connectivity index (χ1n) is 8.47. The van der Waals surface area contributed by atoms with Crippen molar-refractivity contribution in [2.45, 2.75) is 12.3 Å². The van der Waals surface area contributed by atoms with Crippen LogP contribution in [0.1, 0.15) is 27.5 Å². The summed E-state index contributed by atoms with van der Waals surface area (Å²) in [5, 5.41) is 11.5. The van der Waals surface area contributed by atoms with E-state index in [1.54, 1.807) is 6.07 Å². The third-order valence-electron chi connectivity index (χ3n) is 4.17. The topological polar surface area (TPSA) is 91.3 Å². The molecule has 0 aliphatic rings. The molecule has 0 radical (unpaired) electrons. The summed E-state index contributed by atoms with van der Waals surface area (Å²) < 4.78 is 0. The highest BCUT2D eigenvalue weighted by Gasteiger charge is 2.21. The SMILES string of the molecule is O=C(NO)c1ccc(NC(=O)C(Cc2ccccc2)c2ccccc2)cn1. The van der Waals surface area contributed by atoms with Crippen LogP contribution in [0.4, 0.5) is 5.69 Å². The predicted octanol–water partition coefficient (Wildman–Crippen LogP) is 3.17. The molecule has 6 heteroatoms. The van der Waals surface area contributed by atoms with Crippen molar-refractivity contribution in [2.75, 3.05) is 5.32 Å². The molecular weight excluding hydrogens is 342 g/mol. The molecule has 1 heterocycles. The van der Waals surface area contributed by atoms with Crippen molar-refractivity contribution in [3.63, 3.8) is 0 Å². The lowest BCUT2D eigenvalue weighted by Crippen LogP contribution is -2.23. The third kappa shape index (κ3) is 4.77. The predicted molar refractivity (Wildman–Crippen MR) is 101 cm³/mol. The fourth-order valence-electron chi connectivity index (χ4n) is 2.79. The van der Waals surface area contributed by atoms with Crippen molar-refractivity contribution in [3.8, 4) is 0 Å². The highest BCUT2D eigenvalue weighted by molar-refractivity contribution is 5.96. The average Bonchev–Trinajstić information content (AvgIpc) is 2.73. The molecule has 3 aromatic rings. The molecule has 1 aromatic heterocycles. The van der Waals surface area contributed by atoms with Gasteiger partial charge < -0.3 is 5.32 Å². The fourth-order valence-corrected chi connectivity index (χ4v) is 2.79. The van der Waals surface area contributed by atoms with E-state index in [9.17, 15) is 9.59 Å². The van der Waals surface area contributed by atoms with Crippen LogP contribution in [-0.4, -0.2) is 22.0 Å². The molecule has 1 unspecified atom stereocenters. The van der Waals surface area contributed by atoms with Crippen LogP contribution in [0.3, 0.4) is 0 Å². The Balaban J connectivity index is 1.79. The molecule has 2 aromatic carbocycles. The standard InChI is InChI=1S/C21H19N3O3/c25-20(23-17-11-12-19(22-14-17)21(26)24-27)18(16-9-5-2-6-10-16)13-15-7-3-1-4-8-15/h1-12,14,18,27H,13H2,(H,23,25)(H,24,26). The van der Waals surface area contributed by atoms with Crippen molar-refractivity contribution < 1.29 is 14.8 Å². The van der Waals surface area contributed by atoms with Gasteiger partial charge in [0.1, 0.15) is 5.69 Å². The minimum absolute atomic E-state index is 0.0550. The van der Waals surface area contributed by atoms with Crippen molar-refractivity contribution in [3.05, 3.63) is 95.8 Å². The molecule has 136 valence electrons. The van der Waals surface area contributed by atoms with Crippen LogP contribution in [-0.2, 0) is 11.2 Å². The maximum absolute atomic E-state index is 12.9. The number of anilines is 1. The van der Waals surface area contributed by atoms with Gasteiger partial charge in [-0.15, -0.1) is 0 Å². The van der Waals surface area contributed by atoms with Crippen LogP contribution in [0.15, 0.2) is 79.0 Å². The molecule has 6 nitrogen and oxygen atoms in total. The number of hydrogen-bond acceptors (Lipinski definition) is 4. The van der Waals surface area contributed by atoms with Crippen molar-refractivity contribution >= 4 is 17.5 Å². The first-order chi connectivity index (χ1) is 13.2. The largest absolute Gasteiger partial charge is 0.324 e. The summed E-state index contributed by atoms with van der Waals surface area (Å²) in [4.78, 5) is 28.2. The summed E-state index contributed by atoms with van der Waals surface area (Å²) in [6.45, 7) is 0. The Hall–Kier alpha value is -3.51. The van der Waals surface area contributed by atoms with Gasteiger partial charge >= 0.3 is 0 Å². The lowest BCUT2D eigenvalue weighted by Gasteiger charge is -2.17. The van der Waals surface area contributed by atoms with E-state index in [0.29, 0.717) is 12.1 Å². The van der Waals surface area contributed by atoms with Crippen LogP contribution >= 0.6 is 0 Å². The number of amides is 2. The summed E-state index contributed by atoms with van der Waals surface area (Å²) in [6.07, 6.45) is 1.95. The second-order valence-corrected chi connectivity index (χ2v) is 6.02. The second-order valence-electron chi connectivity index (χ2n) is 6.02. The molecule has 3 rings (SSSR count). The van der Waals surface area contributed by atoms with Crippen LogP contribution in [0, 0.1) is 0 Å². The first-order valence-corrected chi connectivity index (χ1v) is 8.47. The first kappa shape index (κ1) is 18.3. The van der Waals surface area contributed by atoms with Crippen LogP contribution in [0.25, 0.3) is 0 Å². The number of carbonyl (C=O) groups excluding carboxylic acids is 2. The van der Waals surface area contributed by atoms with Gasteiger partial charge in [0.15, 0.2) is 0 Å². The van der Waals surface area contributed by atoms with E-state index in [4.69, 9.17) is 5.21 Å². The van der Waals surface area contributed by atoms with E-state index < -0.39 is 5.91 Å². The molecule has 0 saturated carbocycles. The van der Waals surface area contributed by atoms with E-state index in [1.165, 1.54) is 17.7 Å². The molecule has 1 atom stereocenters. The number of rotatable bonds is 6. The molecule has 0 fully saturated rings. The summed E-state index contributed by atoms with van der Waals surface area (Å²) >= 11 is 0. The molecule has 3 N–H and O–H groups in total. The zero-order valence-corrected chi connectivity index (χ0v) is 14.5. The molecule has 0 spiro atoms. The van der Waals surface area contributed by atoms with Gasteiger partial charge in [0.2, 0.25) is 5.91 Å². The number of carbonyl (C=O) groups is 2. The molecule has 2 amide bonds. The summed E-state index contributed by atoms with van der Waals surface area (Å²) in [6, 6.07) is 22.4. The minimum atomic E-state index is -0.709. The van der Waals surface area contributed by atoms with Gasteiger partial charge in [0.25, 0.3) is 5.91 Å². The monoisotopic (exact) mass is 361 g/mol. The molecule has 0 saturated heterocycles. The van der Waals surface area contributed by atoms with E-state index in [-0.39, 0.29) is 17.5 Å². The minimum Gasteiger partial charge on any atom is -0.324 e. The molecule has 0 aliphatic heterocycles. The summed E-state index contributed by atoms with van der Waals surface area (Å²) in [5.74, 6) is -1.24. The van der Waals surface area contributed by atoms with E-state index >= 15 is 0 Å². The Bertz CT molecular complexity index is 897. The lowest BCUT2D eigenvalue weighted by molar-refractivity contribution is -0.117. The molecule has 0 aliphatic carbocycles. The van der Waals surface area contributed by atoms with Gasteiger partial charge in [-0.3, -0.25) is 14.8 Å². The number of nitrogens with one attached hydrogen (secondary N) is 2. The Labute approximate surface area is 156 Å². The van der Waals surface area contributed by atoms with Crippen LogP contribution in [0.5, 0.6) is 0 Å². The molecular formula is C21H19N3O3. The number of aromatic nitrogens is 1. The van der Waals surface area contributed by atoms with Gasteiger partial charge in [0, 0.05) is 0 Å². The summed E-state index contributed by atoms with van der Waals surface area (Å²) in [7, 11) is 0. The number of hydrogen-bond donors (Lipinski definition) is 3. The maximum Gasteiger partial charge on any atom is 0.293 e. The second kappa shape index (κ2) is 8.73. The quantitative estimate of drug-likeness (QED) is 0.465. The van der Waals surface area contributed by atoms with Gasteiger partial charge in [-0.1, -0.05) is 60.7 Å². The zero-order chi connectivity index (χ0) is 19.1. The molecule has 0 bridgehead atoms. The Morgan fingerprint density at radius 3 is 2.19 bits per heavy atom. The zero-order valence-electron chi connectivity index (χ0n) is 14.5. The van der Waals surface area contributed by atoms with Gasteiger partial charge in [-0.2, -0.15) is 0 Å². The highest BCUT2D eigenvalue weighted by atomic mass is 16.5. The average molecular weight is 361 g/mol. The van der Waals surface area contributed by atoms with Crippen LogP contribution in [0.2, 0.25) is 0 Å². The molecule has 27 heavy (non-hydrogen) atoms. The summed E-state index contributed by atoms with van der Waals surface area (Å²) in [5.41, 5.74) is 4.03. The Morgan fingerprint density at radius 2 is 1.59 bits per heavy atom. The number of pyridine rings is 1.